The third-order valence-corrected chi connectivity index (χ3v) is 5.31. The van der Waals surface area contributed by atoms with E-state index in [4.69, 9.17) is 10.3 Å². The number of aromatic nitrogens is 3. The van der Waals surface area contributed by atoms with Crippen LogP contribution in [0.2, 0.25) is 0 Å². The number of likely N-dealkylation sites (tertiary alicyclic amines) is 1. The van der Waals surface area contributed by atoms with Crippen LogP contribution in [0.3, 0.4) is 0 Å². The van der Waals surface area contributed by atoms with Gasteiger partial charge in [0.2, 0.25) is 17.6 Å². The van der Waals surface area contributed by atoms with Gasteiger partial charge in [0.1, 0.15) is 5.69 Å². The van der Waals surface area contributed by atoms with Crippen molar-refractivity contribution in [2.45, 2.75) is 44.1 Å². The lowest BCUT2D eigenvalue weighted by atomic mass is 9.95. The average Bonchev–Trinajstić information content (AvgIpc) is 3.31. The molecular formula is C18H25Cl2N5O2. The minimum Gasteiger partial charge on any atom is -0.342 e. The number of amides is 1. The summed E-state index contributed by atoms with van der Waals surface area (Å²) >= 11 is 0. The second-order valence-electron chi connectivity index (χ2n) is 7.04. The monoisotopic (exact) mass is 413 g/mol. The lowest BCUT2D eigenvalue weighted by Gasteiger charge is -2.32. The van der Waals surface area contributed by atoms with E-state index in [0.29, 0.717) is 17.4 Å². The van der Waals surface area contributed by atoms with E-state index >= 15 is 0 Å². The Kier molecular flexibility index (Phi) is 7.59. The minimum atomic E-state index is 0. The standard InChI is InChI=1S/C18H23N5O2.2ClH/c19-14-5-4-13(11-14)18(24)23-9-6-12(7-10-23)17-21-16(22-25-17)15-3-1-2-8-20-15;;/h1-3,8,12-14H,4-7,9-11,19H2;2*1H. The highest BCUT2D eigenvalue weighted by Crippen LogP contribution is 2.31. The van der Waals surface area contributed by atoms with Gasteiger partial charge in [-0.2, -0.15) is 4.98 Å². The fourth-order valence-electron chi connectivity index (χ4n) is 3.85. The summed E-state index contributed by atoms with van der Waals surface area (Å²) in [7, 11) is 0. The minimum absolute atomic E-state index is 0. The molecule has 1 aliphatic heterocycles. The molecule has 4 rings (SSSR count). The number of rotatable bonds is 3. The van der Waals surface area contributed by atoms with Gasteiger partial charge in [0, 0.05) is 37.2 Å². The molecule has 1 amide bonds. The van der Waals surface area contributed by atoms with Crippen LogP contribution in [0.15, 0.2) is 28.9 Å². The van der Waals surface area contributed by atoms with Crippen molar-refractivity contribution in [2.75, 3.05) is 13.1 Å². The van der Waals surface area contributed by atoms with Gasteiger partial charge in [-0.1, -0.05) is 11.2 Å². The second kappa shape index (κ2) is 9.48. The zero-order valence-electron chi connectivity index (χ0n) is 15.0. The van der Waals surface area contributed by atoms with Gasteiger partial charge in [0.15, 0.2) is 0 Å². The molecule has 1 saturated heterocycles. The van der Waals surface area contributed by atoms with Crippen LogP contribution in [-0.2, 0) is 4.79 Å². The largest absolute Gasteiger partial charge is 0.342 e. The number of hydrogen-bond donors (Lipinski definition) is 1. The molecule has 2 aromatic heterocycles. The van der Waals surface area contributed by atoms with Crippen molar-refractivity contribution < 1.29 is 9.32 Å². The molecule has 1 aliphatic carbocycles. The number of carbonyl (C=O) groups excluding carboxylic acids is 1. The number of pyridine rings is 1. The van der Waals surface area contributed by atoms with Crippen LogP contribution in [0.25, 0.3) is 11.5 Å². The van der Waals surface area contributed by atoms with E-state index in [1.54, 1.807) is 6.20 Å². The predicted octanol–water partition coefficient (Wildman–Crippen LogP) is 2.81. The number of nitrogens with two attached hydrogens (primary N) is 1. The summed E-state index contributed by atoms with van der Waals surface area (Å²) in [5, 5.41) is 4.04. The fourth-order valence-corrected chi connectivity index (χ4v) is 3.85. The SMILES string of the molecule is Cl.Cl.NC1CCC(C(=O)N2CCC(c3nc(-c4ccccn4)no3)CC2)C1. The van der Waals surface area contributed by atoms with Crippen molar-refractivity contribution in [3.05, 3.63) is 30.3 Å². The Morgan fingerprint density at radius 3 is 2.56 bits per heavy atom. The first-order chi connectivity index (χ1) is 12.2. The maximum absolute atomic E-state index is 12.6. The quantitative estimate of drug-likeness (QED) is 0.830. The summed E-state index contributed by atoms with van der Waals surface area (Å²) in [6.45, 7) is 1.49. The molecule has 3 heterocycles. The molecule has 2 unspecified atom stereocenters. The summed E-state index contributed by atoms with van der Waals surface area (Å²) in [5.41, 5.74) is 6.65. The molecule has 9 heteroatoms. The van der Waals surface area contributed by atoms with Gasteiger partial charge >= 0.3 is 0 Å². The van der Waals surface area contributed by atoms with E-state index in [1.807, 2.05) is 23.1 Å². The van der Waals surface area contributed by atoms with Crippen LogP contribution < -0.4 is 5.73 Å². The zero-order valence-corrected chi connectivity index (χ0v) is 16.6. The van der Waals surface area contributed by atoms with Gasteiger partial charge in [0.05, 0.1) is 0 Å². The Morgan fingerprint density at radius 2 is 1.93 bits per heavy atom. The molecule has 0 radical (unpaired) electrons. The maximum atomic E-state index is 12.6. The van der Waals surface area contributed by atoms with Crippen LogP contribution in [0.1, 0.15) is 43.9 Å². The number of hydrogen-bond acceptors (Lipinski definition) is 6. The molecule has 0 spiro atoms. The molecule has 2 atom stereocenters. The van der Waals surface area contributed by atoms with Crippen molar-refractivity contribution in [1.82, 2.24) is 20.0 Å². The summed E-state index contributed by atoms with van der Waals surface area (Å²) in [6, 6.07) is 5.81. The summed E-state index contributed by atoms with van der Waals surface area (Å²) in [5.74, 6) is 1.77. The predicted molar refractivity (Wildman–Crippen MR) is 106 cm³/mol. The highest BCUT2D eigenvalue weighted by molar-refractivity contribution is 5.85. The van der Waals surface area contributed by atoms with Crippen molar-refractivity contribution in [3.63, 3.8) is 0 Å². The first-order valence-corrected chi connectivity index (χ1v) is 9.00. The Balaban J connectivity index is 0.00000131. The second-order valence-corrected chi connectivity index (χ2v) is 7.04. The Morgan fingerprint density at radius 1 is 1.15 bits per heavy atom. The summed E-state index contributed by atoms with van der Waals surface area (Å²) in [6.07, 6.45) is 6.14. The lowest BCUT2D eigenvalue weighted by molar-refractivity contribution is -0.136. The third kappa shape index (κ3) is 4.78. The molecular weight excluding hydrogens is 389 g/mol. The van der Waals surface area contributed by atoms with E-state index in [1.165, 1.54) is 0 Å². The molecule has 2 aliphatic rings. The van der Waals surface area contributed by atoms with Crippen LogP contribution in [-0.4, -0.2) is 45.1 Å². The van der Waals surface area contributed by atoms with Crippen molar-refractivity contribution in [1.29, 1.82) is 0 Å². The van der Waals surface area contributed by atoms with Gasteiger partial charge in [0.25, 0.3) is 0 Å². The molecule has 27 heavy (non-hydrogen) atoms. The van der Waals surface area contributed by atoms with Crippen LogP contribution >= 0.6 is 24.8 Å². The fraction of sp³-hybridized carbons (Fsp3) is 0.556. The molecule has 2 fully saturated rings. The highest BCUT2D eigenvalue weighted by atomic mass is 35.5. The van der Waals surface area contributed by atoms with Gasteiger partial charge in [-0.05, 0) is 44.2 Å². The highest BCUT2D eigenvalue weighted by Gasteiger charge is 2.34. The van der Waals surface area contributed by atoms with Crippen molar-refractivity contribution in [2.24, 2.45) is 11.7 Å². The van der Waals surface area contributed by atoms with Gasteiger partial charge < -0.3 is 15.2 Å². The first kappa shape index (κ1) is 21.6. The summed E-state index contributed by atoms with van der Waals surface area (Å²) in [4.78, 5) is 23.3. The van der Waals surface area contributed by atoms with Crippen molar-refractivity contribution >= 4 is 30.7 Å². The molecule has 0 bridgehead atoms. The van der Waals surface area contributed by atoms with E-state index in [9.17, 15) is 4.79 Å². The normalized spacial score (nSPS) is 22.8. The third-order valence-electron chi connectivity index (χ3n) is 5.31. The average molecular weight is 414 g/mol. The number of piperidine rings is 1. The van der Waals surface area contributed by atoms with Gasteiger partial charge in [-0.15, -0.1) is 24.8 Å². The molecule has 7 nitrogen and oxygen atoms in total. The Hall–Kier alpha value is -1.70. The van der Waals surface area contributed by atoms with Gasteiger partial charge in [-0.3, -0.25) is 9.78 Å². The molecule has 1 saturated carbocycles. The molecule has 0 aromatic carbocycles. The van der Waals surface area contributed by atoms with E-state index in [2.05, 4.69) is 15.1 Å². The molecule has 148 valence electrons. The van der Waals surface area contributed by atoms with Crippen LogP contribution in [0.5, 0.6) is 0 Å². The van der Waals surface area contributed by atoms with Gasteiger partial charge in [-0.25, -0.2) is 0 Å². The number of halogens is 2. The Bertz CT molecular complexity index is 734. The molecule has 2 aromatic rings. The van der Waals surface area contributed by atoms with E-state index < -0.39 is 0 Å². The maximum Gasteiger partial charge on any atom is 0.230 e. The topological polar surface area (TPSA) is 98.1 Å². The lowest BCUT2D eigenvalue weighted by Crippen LogP contribution is -2.41. The first-order valence-electron chi connectivity index (χ1n) is 9.00. The van der Waals surface area contributed by atoms with Crippen molar-refractivity contribution in [3.8, 4) is 11.5 Å². The summed E-state index contributed by atoms with van der Waals surface area (Å²) < 4.78 is 5.45. The molecule has 2 N–H and O–H groups in total. The van der Waals surface area contributed by atoms with E-state index in [-0.39, 0.29) is 48.6 Å². The number of carbonyl (C=O) groups is 1. The van der Waals surface area contributed by atoms with Crippen LogP contribution in [0, 0.1) is 5.92 Å². The number of nitrogens with zero attached hydrogens (tertiary/aromatic N) is 4. The zero-order chi connectivity index (χ0) is 17.2. The van der Waals surface area contributed by atoms with Crippen LogP contribution in [0.4, 0.5) is 0 Å². The smallest absolute Gasteiger partial charge is 0.230 e. The van der Waals surface area contributed by atoms with E-state index in [0.717, 1.165) is 45.2 Å². The Labute approximate surface area is 170 Å².